The van der Waals surface area contributed by atoms with Gasteiger partial charge in [-0.25, -0.2) is 0 Å². The van der Waals surface area contributed by atoms with Crippen molar-refractivity contribution in [2.75, 3.05) is 13.1 Å². The molecule has 0 aliphatic carbocycles. The second-order valence-electron chi connectivity index (χ2n) is 6.28. The van der Waals surface area contributed by atoms with E-state index in [1.54, 1.807) is 0 Å². The molecule has 2 amide bonds. The topological polar surface area (TPSA) is 93.5 Å². The van der Waals surface area contributed by atoms with Crippen molar-refractivity contribution in [2.45, 2.75) is 27.3 Å². The van der Waals surface area contributed by atoms with Crippen LogP contribution >= 0.6 is 0 Å². The average molecular weight is 355 g/mol. The molecule has 0 saturated carbocycles. The quantitative estimate of drug-likeness (QED) is 0.709. The molecule has 0 aliphatic rings. The second kappa shape index (κ2) is 9.01. The van der Waals surface area contributed by atoms with Crippen molar-refractivity contribution in [1.82, 2.24) is 10.6 Å². The van der Waals surface area contributed by atoms with Gasteiger partial charge in [-0.3, -0.25) is 9.59 Å². The number of carbonyl (C=O) groups excluding carboxylic acids is 2. The number of carbonyl (C=O) groups is 2. The Kier molecular flexibility index (Phi) is 6.74. The van der Waals surface area contributed by atoms with E-state index in [4.69, 9.17) is 10.5 Å². The molecule has 0 saturated heterocycles. The number of nitrogens with one attached hydrogen (secondary N) is 2. The monoisotopic (exact) mass is 355 g/mol. The van der Waals surface area contributed by atoms with E-state index in [2.05, 4.69) is 16.7 Å². The normalized spacial score (nSPS) is 10.3. The highest BCUT2D eigenvalue weighted by atomic mass is 16.5. The minimum atomic E-state index is -0.358. The first-order chi connectivity index (χ1) is 12.4. The van der Waals surface area contributed by atoms with Crippen LogP contribution in [-0.2, 0) is 16.1 Å². The van der Waals surface area contributed by atoms with Gasteiger partial charge in [-0.05, 0) is 61.2 Å². The summed E-state index contributed by atoms with van der Waals surface area (Å²) in [4.78, 5) is 22.7. The molecule has 2 aromatic carbocycles. The van der Waals surface area contributed by atoms with Gasteiger partial charge in [-0.2, -0.15) is 0 Å². The van der Waals surface area contributed by atoms with Gasteiger partial charge in [0, 0.05) is 6.54 Å². The van der Waals surface area contributed by atoms with Crippen molar-refractivity contribution >= 4 is 11.8 Å². The Morgan fingerprint density at radius 1 is 0.962 bits per heavy atom. The molecule has 0 unspecified atom stereocenters. The molecule has 2 aromatic rings. The standard InChI is InChI=1S/C20H25N3O3/c1-13-6-14(2)8-17(7-13)26-18-5-4-16(9-15(18)3)11-22-20(25)12-23-19(24)10-21/h4-9H,10-12,21H2,1-3H3,(H,22,25)(H,23,24). The molecule has 6 nitrogen and oxygen atoms in total. The third-order valence-corrected chi connectivity index (χ3v) is 3.78. The summed E-state index contributed by atoms with van der Waals surface area (Å²) in [5.74, 6) is 0.964. The SMILES string of the molecule is Cc1cc(C)cc(Oc2ccc(CNC(=O)CNC(=O)CN)cc2C)c1. The summed E-state index contributed by atoms with van der Waals surface area (Å²) in [7, 11) is 0. The first-order valence-corrected chi connectivity index (χ1v) is 8.46. The molecule has 138 valence electrons. The lowest BCUT2D eigenvalue weighted by Gasteiger charge is -2.12. The van der Waals surface area contributed by atoms with E-state index in [9.17, 15) is 9.59 Å². The number of aryl methyl sites for hydroxylation is 3. The van der Waals surface area contributed by atoms with Gasteiger partial charge in [0.15, 0.2) is 0 Å². The highest BCUT2D eigenvalue weighted by Crippen LogP contribution is 2.27. The molecule has 0 aromatic heterocycles. The van der Waals surface area contributed by atoms with Crippen molar-refractivity contribution in [3.05, 3.63) is 58.7 Å². The highest BCUT2D eigenvalue weighted by molar-refractivity contribution is 5.85. The zero-order valence-electron chi connectivity index (χ0n) is 15.4. The van der Waals surface area contributed by atoms with Crippen LogP contribution in [0.1, 0.15) is 22.3 Å². The van der Waals surface area contributed by atoms with Crippen LogP contribution in [0, 0.1) is 20.8 Å². The number of nitrogens with two attached hydrogens (primary N) is 1. The van der Waals surface area contributed by atoms with Crippen molar-refractivity contribution in [3.63, 3.8) is 0 Å². The number of hydrogen-bond acceptors (Lipinski definition) is 4. The number of amides is 2. The van der Waals surface area contributed by atoms with E-state index in [1.807, 2.05) is 51.1 Å². The Hall–Kier alpha value is -2.86. The maximum atomic E-state index is 11.7. The van der Waals surface area contributed by atoms with Gasteiger partial charge in [-0.1, -0.05) is 18.2 Å². The van der Waals surface area contributed by atoms with Crippen molar-refractivity contribution < 1.29 is 14.3 Å². The lowest BCUT2D eigenvalue weighted by Crippen LogP contribution is -2.39. The maximum Gasteiger partial charge on any atom is 0.239 e. The van der Waals surface area contributed by atoms with E-state index >= 15 is 0 Å². The van der Waals surface area contributed by atoms with E-state index in [0.717, 1.165) is 33.8 Å². The number of benzene rings is 2. The lowest BCUT2D eigenvalue weighted by atomic mass is 10.1. The Balaban J connectivity index is 1.94. The molecule has 26 heavy (non-hydrogen) atoms. The van der Waals surface area contributed by atoms with Crippen molar-refractivity contribution in [3.8, 4) is 11.5 Å². The Morgan fingerprint density at radius 2 is 1.65 bits per heavy atom. The molecule has 0 aliphatic heterocycles. The van der Waals surface area contributed by atoms with Gasteiger partial charge in [0.25, 0.3) is 0 Å². The first-order valence-electron chi connectivity index (χ1n) is 8.46. The zero-order valence-corrected chi connectivity index (χ0v) is 15.4. The van der Waals surface area contributed by atoms with E-state index in [1.165, 1.54) is 0 Å². The molecular weight excluding hydrogens is 330 g/mol. The summed E-state index contributed by atoms with van der Waals surface area (Å²) in [6.45, 7) is 6.20. The number of hydrogen-bond donors (Lipinski definition) is 3. The summed E-state index contributed by atoms with van der Waals surface area (Å²) in [5.41, 5.74) is 9.40. The summed E-state index contributed by atoms with van der Waals surface area (Å²) in [6, 6.07) is 11.9. The largest absolute Gasteiger partial charge is 0.457 e. The fourth-order valence-electron chi connectivity index (χ4n) is 2.57. The molecule has 0 fully saturated rings. The molecule has 0 heterocycles. The lowest BCUT2D eigenvalue weighted by molar-refractivity contribution is -0.125. The zero-order chi connectivity index (χ0) is 19.1. The van der Waals surface area contributed by atoms with Crippen LogP contribution < -0.4 is 21.1 Å². The average Bonchev–Trinajstić information content (AvgIpc) is 2.59. The van der Waals surface area contributed by atoms with Gasteiger partial charge in [0.2, 0.25) is 11.8 Å². The fraction of sp³-hybridized carbons (Fsp3) is 0.300. The molecule has 0 radical (unpaired) electrons. The van der Waals surface area contributed by atoms with E-state index < -0.39 is 0 Å². The molecule has 0 atom stereocenters. The maximum absolute atomic E-state index is 11.7. The highest BCUT2D eigenvalue weighted by Gasteiger charge is 2.07. The van der Waals surface area contributed by atoms with Gasteiger partial charge in [0.1, 0.15) is 11.5 Å². The predicted molar refractivity (Wildman–Crippen MR) is 101 cm³/mol. The third-order valence-electron chi connectivity index (χ3n) is 3.78. The summed E-state index contributed by atoms with van der Waals surface area (Å²) >= 11 is 0. The van der Waals surface area contributed by atoms with Crippen molar-refractivity contribution in [2.24, 2.45) is 5.73 Å². The minimum absolute atomic E-state index is 0.0804. The molecule has 0 spiro atoms. The van der Waals surface area contributed by atoms with Crippen LogP contribution in [-0.4, -0.2) is 24.9 Å². The summed E-state index contributed by atoms with van der Waals surface area (Å²) in [5, 5.41) is 5.18. The minimum Gasteiger partial charge on any atom is -0.457 e. The van der Waals surface area contributed by atoms with Crippen LogP contribution in [0.5, 0.6) is 11.5 Å². The second-order valence-corrected chi connectivity index (χ2v) is 6.28. The first kappa shape index (κ1) is 19.5. The van der Waals surface area contributed by atoms with Gasteiger partial charge < -0.3 is 21.1 Å². The molecule has 2 rings (SSSR count). The van der Waals surface area contributed by atoms with Gasteiger partial charge >= 0.3 is 0 Å². The Morgan fingerprint density at radius 3 is 2.27 bits per heavy atom. The smallest absolute Gasteiger partial charge is 0.239 e. The van der Waals surface area contributed by atoms with Crippen LogP contribution in [0.4, 0.5) is 0 Å². The van der Waals surface area contributed by atoms with Crippen LogP contribution in [0.15, 0.2) is 36.4 Å². The molecular formula is C20H25N3O3. The fourth-order valence-corrected chi connectivity index (χ4v) is 2.57. The van der Waals surface area contributed by atoms with Crippen LogP contribution in [0.2, 0.25) is 0 Å². The number of ether oxygens (including phenoxy) is 1. The summed E-state index contributed by atoms with van der Waals surface area (Å²) in [6.07, 6.45) is 0. The number of rotatable bonds is 7. The van der Waals surface area contributed by atoms with Crippen LogP contribution in [0.3, 0.4) is 0 Å². The van der Waals surface area contributed by atoms with Crippen LogP contribution in [0.25, 0.3) is 0 Å². The Bertz CT molecular complexity index is 783. The molecule has 6 heteroatoms. The van der Waals surface area contributed by atoms with Crippen molar-refractivity contribution in [1.29, 1.82) is 0 Å². The molecule has 0 bridgehead atoms. The third kappa shape index (κ3) is 5.89. The summed E-state index contributed by atoms with van der Waals surface area (Å²) < 4.78 is 5.98. The van der Waals surface area contributed by atoms with E-state index in [0.29, 0.717) is 6.54 Å². The van der Waals surface area contributed by atoms with E-state index in [-0.39, 0.29) is 24.9 Å². The predicted octanol–water partition coefficient (Wildman–Crippen LogP) is 2.10. The van der Waals surface area contributed by atoms with Gasteiger partial charge in [-0.15, -0.1) is 0 Å². The molecule has 4 N–H and O–H groups in total. The Labute approximate surface area is 153 Å². The van der Waals surface area contributed by atoms with Gasteiger partial charge in [0.05, 0.1) is 13.1 Å².